The van der Waals surface area contributed by atoms with Gasteiger partial charge in [-0.2, -0.15) is 5.10 Å². The molecular weight excluding hydrogens is 352 g/mol. The van der Waals surface area contributed by atoms with Gasteiger partial charge in [0.05, 0.1) is 11.1 Å². The van der Waals surface area contributed by atoms with Crippen LogP contribution in [0.1, 0.15) is 21.6 Å². The molecule has 3 rings (SSSR count). The largest absolute Gasteiger partial charge is 0.347 e. The summed E-state index contributed by atoms with van der Waals surface area (Å²) in [6.45, 7) is 2.20. The maximum atomic E-state index is 12.3. The Morgan fingerprint density at radius 2 is 1.88 bits per heavy atom. The average Bonchev–Trinajstić information content (AvgIpc) is 3.06. The quantitative estimate of drug-likeness (QED) is 0.740. The Labute approximate surface area is 151 Å². The molecule has 0 atom stereocenters. The van der Waals surface area contributed by atoms with E-state index in [1.54, 1.807) is 41.2 Å². The number of nitrogens with zero attached hydrogens (tertiary/aromatic N) is 3. The molecule has 0 fully saturated rings. The van der Waals surface area contributed by atoms with Gasteiger partial charge in [-0.3, -0.25) is 4.79 Å². The SMILES string of the molecule is Cc1cnn(-c2cccc(C(=O)NCc3ccc(S(C)(=O)=O)cc3)n2)c1. The lowest BCUT2D eigenvalue weighted by molar-refractivity contribution is 0.0946. The molecule has 0 spiro atoms. The fraction of sp³-hybridized carbons (Fsp3) is 0.167. The summed E-state index contributed by atoms with van der Waals surface area (Å²) >= 11 is 0. The van der Waals surface area contributed by atoms with Crippen LogP contribution in [0.2, 0.25) is 0 Å². The zero-order chi connectivity index (χ0) is 18.7. The van der Waals surface area contributed by atoms with E-state index in [4.69, 9.17) is 0 Å². The summed E-state index contributed by atoms with van der Waals surface area (Å²) in [6.07, 6.45) is 4.70. The Morgan fingerprint density at radius 1 is 1.15 bits per heavy atom. The maximum Gasteiger partial charge on any atom is 0.270 e. The van der Waals surface area contributed by atoms with E-state index in [9.17, 15) is 13.2 Å². The van der Waals surface area contributed by atoms with Crippen LogP contribution in [0.3, 0.4) is 0 Å². The topological polar surface area (TPSA) is 94.0 Å². The van der Waals surface area contributed by atoms with Gasteiger partial charge in [-0.1, -0.05) is 18.2 Å². The minimum atomic E-state index is -3.23. The summed E-state index contributed by atoms with van der Waals surface area (Å²) in [5.74, 6) is 0.242. The molecule has 1 N–H and O–H groups in total. The maximum absolute atomic E-state index is 12.3. The van der Waals surface area contributed by atoms with Crippen LogP contribution in [0.25, 0.3) is 5.82 Å². The number of nitrogens with one attached hydrogen (secondary N) is 1. The van der Waals surface area contributed by atoms with Gasteiger partial charge in [0.2, 0.25) is 0 Å². The number of aromatic nitrogens is 3. The van der Waals surface area contributed by atoms with Gasteiger partial charge < -0.3 is 5.32 Å². The molecule has 8 heteroatoms. The van der Waals surface area contributed by atoms with Crippen molar-refractivity contribution in [3.63, 3.8) is 0 Å². The Balaban J connectivity index is 1.69. The molecule has 0 aliphatic carbocycles. The van der Waals surface area contributed by atoms with E-state index < -0.39 is 9.84 Å². The third-order valence-corrected chi connectivity index (χ3v) is 4.85. The highest BCUT2D eigenvalue weighted by Gasteiger charge is 2.10. The average molecular weight is 370 g/mol. The zero-order valence-electron chi connectivity index (χ0n) is 14.4. The van der Waals surface area contributed by atoms with Gasteiger partial charge in [0, 0.05) is 19.0 Å². The van der Waals surface area contributed by atoms with Crippen LogP contribution >= 0.6 is 0 Å². The number of pyridine rings is 1. The summed E-state index contributed by atoms with van der Waals surface area (Å²) in [4.78, 5) is 16.9. The normalized spacial score (nSPS) is 11.3. The molecule has 0 unspecified atom stereocenters. The monoisotopic (exact) mass is 370 g/mol. The van der Waals surface area contributed by atoms with Crippen LogP contribution in [0.15, 0.2) is 59.8 Å². The molecule has 0 bridgehead atoms. The molecule has 134 valence electrons. The van der Waals surface area contributed by atoms with E-state index >= 15 is 0 Å². The Kier molecular flexibility index (Phi) is 4.85. The van der Waals surface area contributed by atoms with Gasteiger partial charge in [0.1, 0.15) is 5.69 Å². The van der Waals surface area contributed by atoms with Crippen molar-refractivity contribution in [1.29, 1.82) is 0 Å². The summed E-state index contributed by atoms with van der Waals surface area (Å²) in [5.41, 5.74) is 2.08. The molecule has 7 nitrogen and oxygen atoms in total. The number of amides is 1. The number of aryl methyl sites for hydroxylation is 1. The minimum Gasteiger partial charge on any atom is -0.347 e. The fourth-order valence-corrected chi connectivity index (χ4v) is 2.97. The predicted octanol–water partition coefficient (Wildman–Crippen LogP) is 1.91. The second kappa shape index (κ2) is 7.09. The molecule has 0 saturated heterocycles. The van der Waals surface area contributed by atoms with Crippen molar-refractivity contribution in [2.45, 2.75) is 18.4 Å². The highest BCUT2D eigenvalue weighted by molar-refractivity contribution is 7.90. The number of carbonyl (C=O) groups is 1. The van der Waals surface area contributed by atoms with Crippen molar-refractivity contribution in [2.75, 3.05) is 6.26 Å². The summed E-state index contributed by atoms with van der Waals surface area (Å²) < 4.78 is 24.5. The number of benzene rings is 1. The van der Waals surface area contributed by atoms with Crippen molar-refractivity contribution in [2.24, 2.45) is 0 Å². The first kappa shape index (κ1) is 17.8. The lowest BCUT2D eigenvalue weighted by atomic mass is 10.2. The van der Waals surface area contributed by atoms with Gasteiger partial charge in [0.15, 0.2) is 15.7 Å². The highest BCUT2D eigenvalue weighted by Crippen LogP contribution is 2.11. The summed E-state index contributed by atoms with van der Waals surface area (Å²) in [7, 11) is -3.23. The number of sulfone groups is 1. The predicted molar refractivity (Wildman–Crippen MR) is 96.8 cm³/mol. The summed E-state index contributed by atoms with van der Waals surface area (Å²) in [5, 5.41) is 6.96. The van der Waals surface area contributed by atoms with Crippen molar-refractivity contribution in [3.8, 4) is 5.82 Å². The van der Waals surface area contributed by atoms with Gasteiger partial charge >= 0.3 is 0 Å². The van der Waals surface area contributed by atoms with Gasteiger partial charge in [-0.05, 0) is 42.3 Å². The first-order valence-corrected chi connectivity index (χ1v) is 9.78. The number of hydrogen-bond acceptors (Lipinski definition) is 5. The molecule has 0 radical (unpaired) electrons. The third-order valence-electron chi connectivity index (χ3n) is 3.72. The van der Waals surface area contributed by atoms with Gasteiger partial charge in [-0.25, -0.2) is 18.1 Å². The minimum absolute atomic E-state index is 0.247. The highest BCUT2D eigenvalue weighted by atomic mass is 32.2. The van der Waals surface area contributed by atoms with E-state index in [0.29, 0.717) is 5.82 Å². The van der Waals surface area contributed by atoms with Crippen LogP contribution in [-0.4, -0.2) is 35.3 Å². The molecule has 1 aromatic carbocycles. The first-order chi connectivity index (χ1) is 12.3. The van der Waals surface area contributed by atoms with Crippen LogP contribution < -0.4 is 5.32 Å². The molecule has 0 aliphatic heterocycles. The van der Waals surface area contributed by atoms with E-state index in [-0.39, 0.29) is 23.0 Å². The van der Waals surface area contributed by atoms with Crippen LogP contribution in [0.5, 0.6) is 0 Å². The second-order valence-electron chi connectivity index (χ2n) is 5.94. The molecule has 26 heavy (non-hydrogen) atoms. The van der Waals surface area contributed by atoms with Crippen molar-refractivity contribution >= 4 is 15.7 Å². The second-order valence-corrected chi connectivity index (χ2v) is 7.96. The van der Waals surface area contributed by atoms with Crippen LogP contribution in [0, 0.1) is 6.92 Å². The molecule has 2 heterocycles. The van der Waals surface area contributed by atoms with E-state index in [0.717, 1.165) is 17.4 Å². The Morgan fingerprint density at radius 3 is 2.50 bits per heavy atom. The molecule has 0 aliphatic rings. The lowest BCUT2D eigenvalue weighted by Crippen LogP contribution is -2.24. The molecule has 0 saturated carbocycles. The van der Waals surface area contributed by atoms with E-state index in [2.05, 4.69) is 15.4 Å². The molecule has 3 aromatic rings. The molecule has 2 aromatic heterocycles. The molecule has 1 amide bonds. The Bertz CT molecular complexity index is 1040. The van der Waals surface area contributed by atoms with Gasteiger partial charge in [0.25, 0.3) is 5.91 Å². The van der Waals surface area contributed by atoms with E-state index in [1.165, 1.54) is 12.1 Å². The number of carbonyl (C=O) groups excluding carboxylic acids is 1. The first-order valence-electron chi connectivity index (χ1n) is 7.89. The lowest BCUT2D eigenvalue weighted by Gasteiger charge is -2.07. The van der Waals surface area contributed by atoms with Crippen LogP contribution in [0.4, 0.5) is 0 Å². The van der Waals surface area contributed by atoms with Gasteiger partial charge in [-0.15, -0.1) is 0 Å². The fourth-order valence-electron chi connectivity index (χ4n) is 2.34. The standard InChI is InChI=1S/C18H18N4O3S/c1-13-10-20-22(12-13)17-5-3-4-16(21-17)18(23)19-11-14-6-8-15(9-7-14)26(2,24)25/h3-10,12H,11H2,1-2H3,(H,19,23). The van der Waals surface area contributed by atoms with Crippen LogP contribution in [-0.2, 0) is 16.4 Å². The smallest absolute Gasteiger partial charge is 0.270 e. The van der Waals surface area contributed by atoms with Crippen molar-refractivity contribution in [1.82, 2.24) is 20.1 Å². The summed E-state index contributed by atoms with van der Waals surface area (Å²) in [6, 6.07) is 11.5. The van der Waals surface area contributed by atoms with E-state index in [1.807, 2.05) is 13.1 Å². The number of rotatable bonds is 5. The number of hydrogen-bond donors (Lipinski definition) is 1. The zero-order valence-corrected chi connectivity index (χ0v) is 15.2. The third kappa shape index (κ3) is 4.15. The molecular formula is C18H18N4O3S. The van der Waals surface area contributed by atoms with Crippen molar-refractivity contribution < 1.29 is 13.2 Å². The Hall–Kier alpha value is -3.00. The van der Waals surface area contributed by atoms with Crippen molar-refractivity contribution in [3.05, 3.63) is 71.7 Å².